The van der Waals surface area contributed by atoms with Crippen LogP contribution in [0.1, 0.15) is 33.3 Å². The van der Waals surface area contributed by atoms with Gasteiger partial charge in [0.25, 0.3) is 0 Å². The molecule has 0 aromatic heterocycles. The first-order valence-corrected chi connectivity index (χ1v) is 13.4. The molecule has 11 heteroatoms. The van der Waals surface area contributed by atoms with Crippen LogP contribution >= 0.6 is 11.6 Å². The highest BCUT2D eigenvalue weighted by molar-refractivity contribution is 7.92. The minimum Gasteiger partial charge on any atom is -0.497 e. The predicted octanol–water partition coefficient (Wildman–Crippen LogP) is 3.46. The predicted molar refractivity (Wildman–Crippen MR) is 141 cm³/mol. The SMILES string of the molecule is COc1ccc(CN(C(=O)CN(c2cc(Cl)ccc2OC)S(C)(=O)=O)[C@H](C)C(=O)NC(C)(C)C)cc1. The summed E-state index contributed by atoms with van der Waals surface area (Å²) in [4.78, 5) is 28.0. The van der Waals surface area contributed by atoms with E-state index in [-0.39, 0.29) is 28.9 Å². The fraction of sp³-hybridized carbons (Fsp3) is 0.440. The third-order valence-electron chi connectivity index (χ3n) is 5.27. The van der Waals surface area contributed by atoms with Crippen LogP contribution in [0.4, 0.5) is 5.69 Å². The number of hydrogen-bond donors (Lipinski definition) is 1. The number of anilines is 1. The quantitative estimate of drug-likeness (QED) is 0.496. The van der Waals surface area contributed by atoms with Crippen LogP contribution in [0, 0.1) is 0 Å². The van der Waals surface area contributed by atoms with Crippen molar-refractivity contribution in [2.24, 2.45) is 0 Å². The van der Waals surface area contributed by atoms with Gasteiger partial charge in [-0.25, -0.2) is 8.42 Å². The van der Waals surface area contributed by atoms with Crippen LogP contribution in [0.5, 0.6) is 11.5 Å². The van der Waals surface area contributed by atoms with Gasteiger partial charge in [-0.15, -0.1) is 0 Å². The van der Waals surface area contributed by atoms with Crippen LogP contribution in [0.3, 0.4) is 0 Å². The Morgan fingerprint density at radius 1 is 1.06 bits per heavy atom. The number of sulfonamides is 1. The molecule has 36 heavy (non-hydrogen) atoms. The second kappa shape index (κ2) is 11.8. The van der Waals surface area contributed by atoms with Crippen molar-refractivity contribution in [3.05, 3.63) is 53.1 Å². The summed E-state index contributed by atoms with van der Waals surface area (Å²) in [6.07, 6.45) is 0.990. The van der Waals surface area contributed by atoms with Gasteiger partial charge in [0.15, 0.2) is 0 Å². The Balaban J connectivity index is 2.47. The van der Waals surface area contributed by atoms with Crippen molar-refractivity contribution >= 4 is 39.1 Å². The highest BCUT2D eigenvalue weighted by Gasteiger charge is 2.32. The maximum atomic E-state index is 13.6. The topological polar surface area (TPSA) is 105 Å². The molecule has 2 aromatic rings. The summed E-state index contributed by atoms with van der Waals surface area (Å²) in [6, 6.07) is 10.7. The number of halogens is 1. The summed E-state index contributed by atoms with van der Waals surface area (Å²) in [5, 5.41) is 3.15. The van der Waals surface area contributed by atoms with Crippen molar-refractivity contribution in [1.82, 2.24) is 10.2 Å². The van der Waals surface area contributed by atoms with Gasteiger partial charge in [-0.05, 0) is 63.6 Å². The van der Waals surface area contributed by atoms with Gasteiger partial charge >= 0.3 is 0 Å². The number of ether oxygens (including phenoxy) is 2. The molecule has 1 N–H and O–H groups in total. The first kappa shape index (κ1) is 29.3. The van der Waals surface area contributed by atoms with E-state index in [1.807, 2.05) is 20.8 Å². The summed E-state index contributed by atoms with van der Waals surface area (Å²) in [6.45, 7) is 6.64. The smallest absolute Gasteiger partial charge is 0.244 e. The second-order valence-electron chi connectivity index (χ2n) is 9.37. The fourth-order valence-electron chi connectivity index (χ4n) is 3.44. The van der Waals surface area contributed by atoms with Crippen LogP contribution in [-0.4, -0.2) is 63.7 Å². The highest BCUT2D eigenvalue weighted by atomic mass is 35.5. The van der Waals surface area contributed by atoms with Crippen LogP contribution in [0.25, 0.3) is 0 Å². The first-order valence-electron chi connectivity index (χ1n) is 11.2. The van der Waals surface area contributed by atoms with Crippen LogP contribution in [0.2, 0.25) is 5.02 Å². The maximum absolute atomic E-state index is 13.6. The molecule has 2 amide bonds. The third kappa shape index (κ3) is 8.03. The molecule has 0 unspecified atom stereocenters. The van der Waals surface area contributed by atoms with E-state index in [1.54, 1.807) is 44.4 Å². The Labute approximate surface area is 218 Å². The molecule has 0 aliphatic rings. The largest absolute Gasteiger partial charge is 0.497 e. The lowest BCUT2D eigenvalue weighted by Crippen LogP contribution is -2.54. The Kier molecular flexibility index (Phi) is 9.62. The summed E-state index contributed by atoms with van der Waals surface area (Å²) < 4.78 is 36.9. The van der Waals surface area contributed by atoms with Gasteiger partial charge < -0.3 is 19.7 Å². The molecular formula is C25H34ClN3O6S. The van der Waals surface area contributed by atoms with Crippen molar-refractivity contribution < 1.29 is 27.5 Å². The average Bonchev–Trinajstić information content (AvgIpc) is 2.78. The summed E-state index contributed by atoms with van der Waals surface area (Å²) in [5.41, 5.74) is 0.343. The molecule has 0 saturated heterocycles. The van der Waals surface area contributed by atoms with E-state index in [9.17, 15) is 18.0 Å². The fourth-order valence-corrected chi connectivity index (χ4v) is 4.45. The maximum Gasteiger partial charge on any atom is 0.244 e. The molecule has 9 nitrogen and oxygen atoms in total. The van der Waals surface area contributed by atoms with E-state index >= 15 is 0 Å². The molecule has 0 aliphatic carbocycles. The molecule has 198 valence electrons. The molecule has 2 rings (SSSR count). The summed E-state index contributed by atoms with van der Waals surface area (Å²) >= 11 is 6.12. The van der Waals surface area contributed by atoms with Gasteiger partial charge in [0, 0.05) is 17.1 Å². The Bertz CT molecular complexity index is 1180. The summed E-state index contributed by atoms with van der Waals surface area (Å²) in [7, 11) is -0.980. The Hall–Kier alpha value is -2.98. The minimum atomic E-state index is -3.92. The van der Waals surface area contributed by atoms with Gasteiger partial charge in [0.05, 0.1) is 26.2 Å². The van der Waals surface area contributed by atoms with E-state index in [4.69, 9.17) is 21.1 Å². The molecule has 0 bridgehead atoms. The zero-order valence-electron chi connectivity index (χ0n) is 21.7. The van der Waals surface area contributed by atoms with Crippen LogP contribution < -0.4 is 19.1 Å². The number of nitrogens with one attached hydrogen (secondary N) is 1. The highest BCUT2D eigenvalue weighted by Crippen LogP contribution is 2.33. The van der Waals surface area contributed by atoms with Crippen molar-refractivity contribution in [1.29, 1.82) is 0 Å². The van der Waals surface area contributed by atoms with E-state index in [0.717, 1.165) is 16.1 Å². The summed E-state index contributed by atoms with van der Waals surface area (Å²) in [5.74, 6) is -0.0604. The first-order chi connectivity index (χ1) is 16.7. The molecule has 0 radical (unpaired) electrons. The van der Waals surface area contributed by atoms with Gasteiger partial charge in [0.1, 0.15) is 24.1 Å². The van der Waals surface area contributed by atoms with Gasteiger partial charge in [0.2, 0.25) is 21.8 Å². The Morgan fingerprint density at radius 3 is 2.17 bits per heavy atom. The number of methoxy groups -OCH3 is 2. The van der Waals surface area contributed by atoms with Crippen LogP contribution in [0.15, 0.2) is 42.5 Å². The minimum absolute atomic E-state index is 0.0752. The van der Waals surface area contributed by atoms with E-state index in [2.05, 4.69) is 5.32 Å². The van der Waals surface area contributed by atoms with Crippen molar-refractivity contribution in [2.75, 3.05) is 31.3 Å². The Morgan fingerprint density at radius 2 is 1.67 bits per heavy atom. The lowest BCUT2D eigenvalue weighted by molar-refractivity contribution is -0.140. The lowest BCUT2D eigenvalue weighted by atomic mass is 10.1. The monoisotopic (exact) mass is 539 g/mol. The lowest BCUT2D eigenvalue weighted by Gasteiger charge is -2.33. The number of carbonyl (C=O) groups is 2. The zero-order chi connectivity index (χ0) is 27.3. The molecular weight excluding hydrogens is 506 g/mol. The molecule has 0 spiro atoms. The van der Waals surface area contributed by atoms with Gasteiger partial charge in [-0.2, -0.15) is 0 Å². The molecule has 2 aromatic carbocycles. The zero-order valence-corrected chi connectivity index (χ0v) is 23.2. The molecule has 0 heterocycles. The molecule has 0 saturated carbocycles. The average molecular weight is 540 g/mol. The van der Waals surface area contributed by atoms with Gasteiger partial charge in [-0.1, -0.05) is 23.7 Å². The van der Waals surface area contributed by atoms with Crippen molar-refractivity contribution in [2.45, 2.75) is 45.8 Å². The van der Waals surface area contributed by atoms with E-state index < -0.39 is 34.1 Å². The van der Waals surface area contributed by atoms with Crippen molar-refractivity contribution in [3.63, 3.8) is 0 Å². The molecule has 0 aliphatic heterocycles. The van der Waals surface area contributed by atoms with Crippen molar-refractivity contribution in [3.8, 4) is 11.5 Å². The standard InChI is InChI=1S/C25H34ClN3O6S/c1-17(24(31)27-25(2,3)4)28(15-18-8-11-20(34-5)12-9-18)23(30)16-29(36(7,32)33)21-14-19(26)10-13-22(21)35-6/h8-14,17H,15-16H2,1-7H3,(H,27,31)/t17-/m1/s1. The normalized spacial score (nSPS) is 12.4. The van der Waals surface area contributed by atoms with Gasteiger partial charge in [-0.3, -0.25) is 13.9 Å². The number of nitrogens with zero attached hydrogens (tertiary/aromatic N) is 2. The second-order valence-corrected chi connectivity index (χ2v) is 11.7. The number of hydrogen-bond acceptors (Lipinski definition) is 6. The molecule has 1 atom stereocenters. The van der Waals surface area contributed by atoms with E-state index in [1.165, 1.54) is 24.1 Å². The van der Waals surface area contributed by atoms with Crippen LogP contribution in [-0.2, 0) is 26.2 Å². The number of amides is 2. The number of carbonyl (C=O) groups excluding carboxylic acids is 2. The molecule has 0 fully saturated rings. The van der Waals surface area contributed by atoms with E-state index in [0.29, 0.717) is 5.75 Å². The number of rotatable bonds is 10. The third-order valence-corrected chi connectivity index (χ3v) is 6.63. The number of benzene rings is 2.